The van der Waals surface area contributed by atoms with E-state index in [1.54, 1.807) is 0 Å². The van der Waals surface area contributed by atoms with E-state index in [0.29, 0.717) is 12.1 Å². The Kier molecular flexibility index (Phi) is 12.9. The van der Waals surface area contributed by atoms with Crippen LogP contribution in [0.15, 0.2) is 4.99 Å². The van der Waals surface area contributed by atoms with E-state index in [0.717, 1.165) is 31.4 Å². The lowest BCUT2D eigenvalue weighted by molar-refractivity contribution is 0.0169. The van der Waals surface area contributed by atoms with Gasteiger partial charge in [0.05, 0.1) is 6.10 Å². The molecular formula is C20H41IN4O. The first-order chi connectivity index (χ1) is 12.3. The predicted octanol–water partition coefficient (Wildman–Crippen LogP) is 3.63. The van der Waals surface area contributed by atoms with Crippen molar-refractivity contribution in [1.82, 2.24) is 15.5 Å². The molecule has 0 aromatic carbocycles. The summed E-state index contributed by atoms with van der Waals surface area (Å²) in [6.07, 6.45) is 10.6. The fraction of sp³-hybridized carbons (Fsp3) is 0.950. The Labute approximate surface area is 178 Å². The minimum atomic E-state index is 0. The van der Waals surface area contributed by atoms with Gasteiger partial charge >= 0.3 is 0 Å². The number of likely N-dealkylation sites (tertiary alicyclic amines) is 1. The standard InChI is InChI=1S/C20H40N4O.HI/c1-4-14-24-15-11-18(12-16-24)23-20(21-3)22-13-10-19(25-5-2)17-8-6-7-9-17;/h17-19H,4-16H2,1-3H3,(H2,21,22,23);1H. The Morgan fingerprint density at radius 2 is 1.85 bits per heavy atom. The summed E-state index contributed by atoms with van der Waals surface area (Å²) >= 11 is 0. The molecule has 0 aromatic heterocycles. The molecule has 1 saturated heterocycles. The number of aliphatic imine (C=N–C) groups is 1. The highest BCUT2D eigenvalue weighted by Gasteiger charge is 2.25. The van der Waals surface area contributed by atoms with E-state index in [2.05, 4.69) is 34.4 Å². The molecule has 0 radical (unpaired) electrons. The molecule has 2 fully saturated rings. The van der Waals surface area contributed by atoms with Gasteiger partial charge < -0.3 is 20.3 Å². The van der Waals surface area contributed by atoms with Crippen molar-refractivity contribution in [1.29, 1.82) is 0 Å². The van der Waals surface area contributed by atoms with Gasteiger partial charge in [-0.1, -0.05) is 19.8 Å². The average Bonchev–Trinajstić information content (AvgIpc) is 3.16. The molecule has 1 aliphatic carbocycles. The summed E-state index contributed by atoms with van der Waals surface area (Å²) in [5, 5.41) is 7.13. The molecule has 0 bridgehead atoms. The molecule has 2 aliphatic rings. The van der Waals surface area contributed by atoms with Crippen LogP contribution in [0.3, 0.4) is 0 Å². The molecule has 0 aromatic rings. The van der Waals surface area contributed by atoms with Crippen molar-refractivity contribution in [2.24, 2.45) is 10.9 Å². The number of hydrogen-bond donors (Lipinski definition) is 2. The van der Waals surface area contributed by atoms with Gasteiger partial charge in [-0.25, -0.2) is 0 Å². The monoisotopic (exact) mass is 480 g/mol. The molecule has 1 aliphatic heterocycles. The molecule has 5 nitrogen and oxygen atoms in total. The number of nitrogens with one attached hydrogen (secondary N) is 2. The van der Waals surface area contributed by atoms with Crippen LogP contribution in [-0.2, 0) is 4.74 Å². The third-order valence-corrected chi connectivity index (χ3v) is 5.72. The first kappa shape index (κ1) is 24.0. The zero-order chi connectivity index (χ0) is 17.9. The van der Waals surface area contributed by atoms with Crippen LogP contribution in [0.2, 0.25) is 0 Å². The predicted molar refractivity (Wildman–Crippen MR) is 122 cm³/mol. The van der Waals surface area contributed by atoms with Crippen LogP contribution in [0, 0.1) is 5.92 Å². The van der Waals surface area contributed by atoms with Gasteiger partial charge in [-0.2, -0.15) is 0 Å². The quantitative estimate of drug-likeness (QED) is 0.301. The van der Waals surface area contributed by atoms with Crippen LogP contribution in [0.25, 0.3) is 0 Å². The maximum Gasteiger partial charge on any atom is 0.191 e. The van der Waals surface area contributed by atoms with E-state index < -0.39 is 0 Å². The number of hydrogen-bond acceptors (Lipinski definition) is 3. The molecule has 0 amide bonds. The highest BCUT2D eigenvalue weighted by molar-refractivity contribution is 14.0. The van der Waals surface area contributed by atoms with Crippen molar-refractivity contribution in [3.8, 4) is 0 Å². The second kappa shape index (κ2) is 14.0. The van der Waals surface area contributed by atoms with Crippen LogP contribution in [0.1, 0.15) is 65.2 Å². The summed E-state index contributed by atoms with van der Waals surface area (Å²) < 4.78 is 6.02. The van der Waals surface area contributed by atoms with Crippen LogP contribution in [0.5, 0.6) is 0 Å². The fourth-order valence-electron chi connectivity index (χ4n) is 4.34. The SMILES string of the molecule is CCCN1CCC(NC(=NC)NCCC(OCC)C2CCCC2)CC1.I. The first-order valence-corrected chi connectivity index (χ1v) is 10.6. The fourth-order valence-corrected chi connectivity index (χ4v) is 4.34. The number of guanidine groups is 1. The smallest absolute Gasteiger partial charge is 0.191 e. The summed E-state index contributed by atoms with van der Waals surface area (Å²) in [5.41, 5.74) is 0. The topological polar surface area (TPSA) is 48.9 Å². The Bertz CT molecular complexity index is 380. The zero-order valence-electron chi connectivity index (χ0n) is 17.1. The van der Waals surface area contributed by atoms with E-state index in [9.17, 15) is 0 Å². The molecule has 1 heterocycles. The van der Waals surface area contributed by atoms with E-state index in [-0.39, 0.29) is 24.0 Å². The maximum absolute atomic E-state index is 6.02. The lowest BCUT2D eigenvalue weighted by Crippen LogP contribution is -2.49. The molecule has 26 heavy (non-hydrogen) atoms. The second-order valence-electron chi connectivity index (χ2n) is 7.59. The normalized spacial score (nSPS) is 21.4. The summed E-state index contributed by atoms with van der Waals surface area (Å²) in [6.45, 7) is 9.78. The minimum Gasteiger partial charge on any atom is -0.378 e. The van der Waals surface area contributed by atoms with Crippen molar-refractivity contribution < 1.29 is 4.74 Å². The maximum atomic E-state index is 6.02. The lowest BCUT2D eigenvalue weighted by Gasteiger charge is -2.33. The van der Waals surface area contributed by atoms with E-state index in [1.807, 2.05) is 7.05 Å². The molecule has 1 saturated carbocycles. The largest absolute Gasteiger partial charge is 0.378 e. The van der Waals surface area contributed by atoms with Crippen LogP contribution in [-0.4, -0.2) is 62.8 Å². The molecule has 2 rings (SSSR count). The van der Waals surface area contributed by atoms with Crippen molar-refractivity contribution >= 4 is 29.9 Å². The van der Waals surface area contributed by atoms with Gasteiger partial charge in [-0.05, 0) is 57.9 Å². The highest BCUT2D eigenvalue weighted by Crippen LogP contribution is 2.30. The first-order valence-electron chi connectivity index (χ1n) is 10.6. The van der Waals surface area contributed by atoms with Gasteiger partial charge in [0.15, 0.2) is 5.96 Å². The number of ether oxygens (including phenoxy) is 1. The molecule has 154 valence electrons. The minimum absolute atomic E-state index is 0. The number of nitrogens with zero attached hydrogens (tertiary/aromatic N) is 2. The Morgan fingerprint density at radius 3 is 2.42 bits per heavy atom. The van der Waals surface area contributed by atoms with Gasteiger partial charge in [0.1, 0.15) is 0 Å². The van der Waals surface area contributed by atoms with Gasteiger partial charge in [-0.3, -0.25) is 4.99 Å². The van der Waals surface area contributed by atoms with Crippen LogP contribution < -0.4 is 10.6 Å². The molecule has 2 N–H and O–H groups in total. The number of rotatable bonds is 9. The zero-order valence-corrected chi connectivity index (χ0v) is 19.5. The average molecular weight is 480 g/mol. The summed E-state index contributed by atoms with van der Waals surface area (Å²) in [7, 11) is 1.87. The summed E-state index contributed by atoms with van der Waals surface area (Å²) in [5.74, 6) is 1.72. The van der Waals surface area contributed by atoms with Gasteiger partial charge in [0.2, 0.25) is 0 Å². The van der Waals surface area contributed by atoms with E-state index in [1.165, 1.54) is 64.6 Å². The highest BCUT2D eigenvalue weighted by atomic mass is 127. The van der Waals surface area contributed by atoms with Crippen molar-refractivity contribution in [3.05, 3.63) is 0 Å². The molecule has 1 unspecified atom stereocenters. The van der Waals surface area contributed by atoms with Crippen LogP contribution in [0.4, 0.5) is 0 Å². The van der Waals surface area contributed by atoms with Crippen molar-refractivity contribution in [3.63, 3.8) is 0 Å². The van der Waals surface area contributed by atoms with Crippen molar-refractivity contribution in [2.45, 2.75) is 77.4 Å². The summed E-state index contributed by atoms with van der Waals surface area (Å²) in [6, 6.07) is 0.553. The Morgan fingerprint density at radius 1 is 1.15 bits per heavy atom. The van der Waals surface area contributed by atoms with Gasteiger partial charge in [0, 0.05) is 39.3 Å². The number of halogens is 1. The molecule has 0 spiro atoms. The summed E-state index contributed by atoms with van der Waals surface area (Å²) in [4.78, 5) is 6.99. The third kappa shape index (κ3) is 8.30. The number of piperidine rings is 1. The Hall–Kier alpha value is -0.0800. The van der Waals surface area contributed by atoms with Gasteiger partial charge in [-0.15, -0.1) is 24.0 Å². The molecular weight excluding hydrogens is 439 g/mol. The van der Waals surface area contributed by atoms with Crippen LogP contribution >= 0.6 is 24.0 Å². The third-order valence-electron chi connectivity index (χ3n) is 5.72. The van der Waals surface area contributed by atoms with E-state index in [4.69, 9.17) is 4.74 Å². The molecule has 6 heteroatoms. The second-order valence-corrected chi connectivity index (χ2v) is 7.59. The van der Waals surface area contributed by atoms with E-state index >= 15 is 0 Å². The molecule has 1 atom stereocenters. The van der Waals surface area contributed by atoms with Gasteiger partial charge in [0.25, 0.3) is 0 Å². The Balaban J connectivity index is 0.00000338. The van der Waals surface area contributed by atoms with Crippen molar-refractivity contribution in [2.75, 3.05) is 39.8 Å². The lowest BCUT2D eigenvalue weighted by atomic mass is 9.98.